The van der Waals surface area contributed by atoms with E-state index in [0.29, 0.717) is 32.6 Å². The number of hydrogen-bond donors (Lipinski definition) is 2. The Morgan fingerprint density at radius 2 is 1.96 bits per heavy atom. The van der Waals surface area contributed by atoms with E-state index in [9.17, 15) is 14.4 Å². The Kier molecular flexibility index (Phi) is 4.98. The normalized spacial score (nSPS) is 24.6. The third-order valence-electron chi connectivity index (χ3n) is 4.63. The van der Waals surface area contributed by atoms with Gasteiger partial charge < -0.3 is 20.1 Å². The van der Waals surface area contributed by atoms with Crippen LogP contribution in [0.25, 0.3) is 0 Å². The zero-order valence-corrected chi connectivity index (χ0v) is 14.1. The molecule has 0 aromatic heterocycles. The molecule has 0 spiro atoms. The van der Waals surface area contributed by atoms with Gasteiger partial charge in [0.25, 0.3) is 0 Å². The number of nitrogens with zero attached hydrogens (tertiary/aromatic N) is 1. The van der Waals surface area contributed by atoms with Gasteiger partial charge in [-0.1, -0.05) is 0 Å². The minimum atomic E-state index is -0.939. The quantitative estimate of drug-likeness (QED) is 0.796. The Balaban J connectivity index is 2.05. The molecule has 130 valence electrons. The van der Waals surface area contributed by atoms with Crippen LogP contribution in [0.2, 0.25) is 0 Å². The number of carbonyl (C=O) groups is 3. The van der Waals surface area contributed by atoms with Crippen molar-refractivity contribution in [1.29, 1.82) is 0 Å². The molecule has 2 heterocycles. The van der Waals surface area contributed by atoms with Crippen molar-refractivity contribution in [3.05, 3.63) is 0 Å². The minimum Gasteiger partial charge on any atom is -0.481 e. The molecule has 0 aromatic rings. The van der Waals surface area contributed by atoms with Gasteiger partial charge in [-0.25, -0.2) is 0 Å². The Labute approximate surface area is 136 Å². The number of carboxylic acid groups (broad SMARTS) is 1. The molecule has 0 radical (unpaired) electrons. The van der Waals surface area contributed by atoms with Gasteiger partial charge in [-0.05, 0) is 33.6 Å². The molecule has 2 fully saturated rings. The number of carbonyl (C=O) groups excluding carboxylic acids is 2. The number of rotatable bonds is 4. The first-order valence-corrected chi connectivity index (χ1v) is 8.05. The molecule has 0 aromatic carbocycles. The van der Waals surface area contributed by atoms with Crippen LogP contribution in [0, 0.1) is 5.92 Å². The van der Waals surface area contributed by atoms with Crippen LogP contribution in [0.5, 0.6) is 0 Å². The molecule has 2 aliphatic heterocycles. The van der Waals surface area contributed by atoms with Crippen molar-refractivity contribution in [2.45, 2.75) is 57.5 Å². The summed E-state index contributed by atoms with van der Waals surface area (Å²) in [7, 11) is 0. The molecular formula is C16H26N2O5. The van der Waals surface area contributed by atoms with Crippen molar-refractivity contribution >= 4 is 17.8 Å². The zero-order valence-electron chi connectivity index (χ0n) is 14.1. The highest BCUT2D eigenvalue weighted by Crippen LogP contribution is 2.29. The molecule has 0 bridgehead atoms. The number of likely N-dealkylation sites (tertiary alicyclic amines) is 1. The van der Waals surface area contributed by atoms with Gasteiger partial charge in [-0.3, -0.25) is 14.4 Å². The van der Waals surface area contributed by atoms with Crippen molar-refractivity contribution in [2.24, 2.45) is 5.92 Å². The standard InChI is InChI=1S/C16H26N2O5/c1-15(2,3)18-10-11(8-12(18)19)14(22)17-16(9-13(20)21)4-6-23-7-5-16/h11H,4-10H2,1-3H3,(H,17,22)(H,20,21). The number of amides is 2. The van der Waals surface area contributed by atoms with Gasteiger partial charge in [-0.2, -0.15) is 0 Å². The average Bonchev–Trinajstić information content (AvgIpc) is 2.81. The smallest absolute Gasteiger partial charge is 0.305 e. The van der Waals surface area contributed by atoms with E-state index in [1.807, 2.05) is 20.8 Å². The van der Waals surface area contributed by atoms with E-state index in [2.05, 4.69) is 5.32 Å². The first-order chi connectivity index (χ1) is 10.6. The van der Waals surface area contributed by atoms with Crippen molar-refractivity contribution in [3.8, 4) is 0 Å². The minimum absolute atomic E-state index is 0.0306. The molecule has 2 amide bonds. The van der Waals surface area contributed by atoms with Crippen molar-refractivity contribution < 1.29 is 24.2 Å². The van der Waals surface area contributed by atoms with Crippen molar-refractivity contribution in [3.63, 3.8) is 0 Å². The van der Waals surface area contributed by atoms with Crippen LogP contribution in [-0.4, -0.2) is 58.6 Å². The molecule has 1 atom stereocenters. The van der Waals surface area contributed by atoms with E-state index >= 15 is 0 Å². The highest BCUT2D eigenvalue weighted by Gasteiger charge is 2.43. The lowest BCUT2D eigenvalue weighted by molar-refractivity contribution is -0.141. The second-order valence-electron chi connectivity index (χ2n) is 7.53. The lowest BCUT2D eigenvalue weighted by atomic mass is 9.85. The van der Waals surface area contributed by atoms with E-state index in [4.69, 9.17) is 9.84 Å². The SMILES string of the molecule is CC(C)(C)N1CC(C(=O)NC2(CC(=O)O)CCOCC2)CC1=O. The number of nitrogens with one attached hydrogen (secondary N) is 1. The van der Waals surface area contributed by atoms with Crippen LogP contribution in [0.15, 0.2) is 0 Å². The first kappa shape index (κ1) is 17.7. The molecule has 2 aliphatic rings. The van der Waals surface area contributed by atoms with Gasteiger partial charge in [0.2, 0.25) is 11.8 Å². The fraction of sp³-hybridized carbons (Fsp3) is 0.812. The van der Waals surface area contributed by atoms with E-state index in [0.717, 1.165) is 0 Å². The summed E-state index contributed by atoms with van der Waals surface area (Å²) >= 11 is 0. The van der Waals surface area contributed by atoms with Crippen LogP contribution in [-0.2, 0) is 19.1 Å². The second kappa shape index (κ2) is 6.47. The summed E-state index contributed by atoms with van der Waals surface area (Å²) in [6, 6.07) is 0. The lowest BCUT2D eigenvalue weighted by Crippen LogP contribution is -2.55. The molecule has 0 aliphatic carbocycles. The van der Waals surface area contributed by atoms with E-state index in [1.54, 1.807) is 4.90 Å². The maximum absolute atomic E-state index is 12.6. The predicted octanol–water partition coefficient (Wildman–Crippen LogP) is 0.773. The largest absolute Gasteiger partial charge is 0.481 e. The van der Waals surface area contributed by atoms with Crippen LogP contribution < -0.4 is 5.32 Å². The lowest BCUT2D eigenvalue weighted by Gasteiger charge is -2.37. The van der Waals surface area contributed by atoms with Gasteiger partial charge in [-0.15, -0.1) is 0 Å². The fourth-order valence-electron chi connectivity index (χ4n) is 3.29. The molecule has 1 unspecified atom stereocenters. The summed E-state index contributed by atoms with van der Waals surface area (Å²) in [5, 5.41) is 12.1. The summed E-state index contributed by atoms with van der Waals surface area (Å²) in [4.78, 5) is 37.6. The van der Waals surface area contributed by atoms with Gasteiger partial charge in [0.05, 0.1) is 17.9 Å². The fourth-order valence-corrected chi connectivity index (χ4v) is 3.29. The van der Waals surface area contributed by atoms with Gasteiger partial charge in [0.1, 0.15) is 0 Å². The summed E-state index contributed by atoms with van der Waals surface area (Å²) in [5.41, 5.74) is -1.08. The summed E-state index contributed by atoms with van der Waals surface area (Å²) in [6.07, 6.45) is 1.03. The summed E-state index contributed by atoms with van der Waals surface area (Å²) in [5.74, 6) is -1.62. The van der Waals surface area contributed by atoms with Crippen LogP contribution in [0.4, 0.5) is 0 Å². The summed E-state index contributed by atoms with van der Waals surface area (Å²) < 4.78 is 5.29. The van der Waals surface area contributed by atoms with E-state index in [1.165, 1.54) is 0 Å². The van der Waals surface area contributed by atoms with Gasteiger partial charge in [0, 0.05) is 31.7 Å². The number of carboxylic acids is 1. The van der Waals surface area contributed by atoms with Crippen LogP contribution in [0.1, 0.15) is 46.5 Å². The number of aliphatic carboxylic acids is 1. The Hall–Kier alpha value is -1.63. The van der Waals surface area contributed by atoms with Gasteiger partial charge >= 0.3 is 5.97 Å². The monoisotopic (exact) mass is 326 g/mol. The number of ether oxygens (including phenoxy) is 1. The average molecular weight is 326 g/mol. The molecule has 0 saturated carbocycles. The second-order valence-corrected chi connectivity index (χ2v) is 7.53. The van der Waals surface area contributed by atoms with E-state index < -0.39 is 17.4 Å². The molecule has 2 saturated heterocycles. The Morgan fingerprint density at radius 3 is 2.43 bits per heavy atom. The highest BCUT2D eigenvalue weighted by molar-refractivity contribution is 5.90. The highest BCUT2D eigenvalue weighted by atomic mass is 16.5. The van der Waals surface area contributed by atoms with Crippen LogP contribution >= 0.6 is 0 Å². The zero-order chi connectivity index (χ0) is 17.3. The predicted molar refractivity (Wildman–Crippen MR) is 82.8 cm³/mol. The molecule has 2 N–H and O–H groups in total. The molecule has 23 heavy (non-hydrogen) atoms. The van der Waals surface area contributed by atoms with Gasteiger partial charge in [0.15, 0.2) is 0 Å². The van der Waals surface area contributed by atoms with Crippen LogP contribution in [0.3, 0.4) is 0 Å². The molecule has 7 nitrogen and oxygen atoms in total. The first-order valence-electron chi connectivity index (χ1n) is 8.05. The Morgan fingerprint density at radius 1 is 1.35 bits per heavy atom. The molecule has 7 heteroatoms. The van der Waals surface area contributed by atoms with Crippen molar-refractivity contribution in [1.82, 2.24) is 10.2 Å². The number of hydrogen-bond acceptors (Lipinski definition) is 4. The molecular weight excluding hydrogens is 300 g/mol. The third kappa shape index (κ3) is 4.22. The molecule has 2 rings (SSSR count). The third-order valence-corrected chi connectivity index (χ3v) is 4.63. The van der Waals surface area contributed by atoms with Crippen molar-refractivity contribution in [2.75, 3.05) is 19.8 Å². The maximum atomic E-state index is 12.6. The Bertz CT molecular complexity index is 491. The van der Waals surface area contributed by atoms with E-state index in [-0.39, 0.29) is 30.2 Å². The topological polar surface area (TPSA) is 95.9 Å². The summed E-state index contributed by atoms with van der Waals surface area (Å²) in [6.45, 7) is 7.07. The maximum Gasteiger partial charge on any atom is 0.305 e.